The monoisotopic (exact) mass is 634 g/mol. The number of hydrogen-bond donors (Lipinski definition) is 5. The Labute approximate surface area is 266 Å². The fourth-order valence-electron chi connectivity index (χ4n) is 11.2. The summed E-state index contributed by atoms with van der Waals surface area (Å²) < 4.78 is 17.8. The highest BCUT2D eigenvalue weighted by Crippen LogP contribution is 2.86. The first-order valence-corrected chi connectivity index (χ1v) is 16.9. The van der Waals surface area contributed by atoms with Crippen LogP contribution in [0.15, 0.2) is 11.6 Å². The van der Waals surface area contributed by atoms with Crippen LogP contribution in [0.5, 0.6) is 0 Å². The zero-order valence-electron chi connectivity index (χ0n) is 27.9. The van der Waals surface area contributed by atoms with Crippen LogP contribution in [0.3, 0.4) is 0 Å². The Morgan fingerprint density at radius 3 is 2.40 bits per heavy atom. The minimum absolute atomic E-state index is 0.00833. The SMILES string of the molecule is C[C@@H]1C[C@H]([C@H](O)C(C)(C)O)OC(=O)[C@H]1[C@@]1(C)CC[C@@]23C[C@@]24CC[C@H](O[C@@H]2OC[C@@H](O)[C@H](O)[C@H]2O)C(C)(C)[C@@H]4CC=C3[C@]1(C)C=O. The summed E-state index contributed by atoms with van der Waals surface area (Å²) >= 11 is 0. The highest BCUT2D eigenvalue weighted by atomic mass is 16.7. The molecule has 10 nitrogen and oxygen atoms in total. The molecule has 2 heterocycles. The smallest absolute Gasteiger partial charge is 0.310 e. The molecule has 5 N–H and O–H groups in total. The lowest BCUT2D eigenvalue weighted by Gasteiger charge is -2.61. The molecule has 2 aliphatic heterocycles. The van der Waals surface area contributed by atoms with Gasteiger partial charge in [-0.3, -0.25) is 4.79 Å². The Morgan fingerprint density at radius 1 is 1.09 bits per heavy atom. The molecule has 0 bridgehead atoms. The van der Waals surface area contributed by atoms with Gasteiger partial charge in [-0.05, 0) is 99.2 Å². The first-order valence-electron chi connectivity index (χ1n) is 16.9. The zero-order chi connectivity index (χ0) is 33.1. The standard InChI is InChI=1S/C35H54O10/c1-18-14-20(27(40)31(4,5)42)44-28(41)24(18)32(6)12-13-35-16-34(35)11-10-23(45-29-26(39)25(38)19(37)15-43-29)30(2,3)21(34)8-9-22(35)33(32,7)17-36/h9,17-21,23-27,29,37-40,42H,8,10-16H2,1-7H3/t18-,19-,20-,21+,23+,24+,25+,26-,27+,29+,32-,33+,34-,35+/m1/s1. The van der Waals surface area contributed by atoms with Crippen LogP contribution >= 0.6 is 0 Å². The molecule has 45 heavy (non-hydrogen) atoms. The van der Waals surface area contributed by atoms with E-state index >= 15 is 0 Å². The minimum atomic E-state index is -1.41. The van der Waals surface area contributed by atoms with E-state index in [1.54, 1.807) is 0 Å². The van der Waals surface area contributed by atoms with Crippen LogP contribution in [-0.4, -0.2) is 92.9 Å². The number of aliphatic hydroxyl groups is 5. The van der Waals surface area contributed by atoms with E-state index in [0.29, 0.717) is 12.8 Å². The Kier molecular flexibility index (Phi) is 7.85. The largest absolute Gasteiger partial charge is 0.459 e. The van der Waals surface area contributed by atoms with Gasteiger partial charge in [0.05, 0.1) is 29.6 Å². The molecule has 6 rings (SSSR count). The number of allylic oxidation sites excluding steroid dienone is 2. The maximum absolute atomic E-state index is 13.8. The van der Waals surface area contributed by atoms with E-state index in [1.165, 1.54) is 13.8 Å². The molecular formula is C35H54O10. The summed E-state index contributed by atoms with van der Waals surface area (Å²) in [6.45, 7) is 13.4. The predicted molar refractivity (Wildman–Crippen MR) is 162 cm³/mol. The molecule has 10 heteroatoms. The van der Waals surface area contributed by atoms with Crippen molar-refractivity contribution in [1.82, 2.24) is 0 Å². The van der Waals surface area contributed by atoms with Gasteiger partial charge in [0, 0.05) is 0 Å². The van der Waals surface area contributed by atoms with Gasteiger partial charge in [0.2, 0.25) is 0 Å². The van der Waals surface area contributed by atoms with E-state index in [1.807, 2.05) is 13.8 Å². The molecular weight excluding hydrogens is 580 g/mol. The van der Waals surface area contributed by atoms with Crippen molar-refractivity contribution < 1.29 is 49.3 Å². The summed E-state index contributed by atoms with van der Waals surface area (Å²) in [6.07, 6.45) is 1.67. The van der Waals surface area contributed by atoms with Crippen LogP contribution in [-0.2, 0) is 23.8 Å². The second-order valence-corrected chi connectivity index (χ2v) is 17.1. The van der Waals surface area contributed by atoms with E-state index in [9.17, 15) is 35.1 Å². The van der Waals surface area contributed by atoms with Gasteiger partial charge in [-0.25, -0.2) is 0 Å². The second kappa shape index (κ2) is 10.5. The van der Waals surface area contributed by atoms with E-state index in [-0.39, 0.29) is 40.8 Å². The van der Waals surface area contributed by atoms with Crippen molar-refractivity contribution in [2.45, 2.75) is 142 Å². The Bertz CT molecular complexity index is 1240. The average molecular weight is 635 g/mol. The molecule has 0 amide bonds. The van der Waals surface area contributed by atoms with Crippen LogP contribution in [0.2, 0.25) is 0 Å². The molecule has 254 valence electrons. The first kappa shape index (κ1) is 33.5. The number of aldehydes is 1. The molecule has 4 aliphatic carbocycles. The fraction of sp³-hybridized carbons (Fsp3) is 0.886. The van der Waals surface area contributed by atoms with Gasteiger partial charge in [0.1, 0.15) is 36.8 Å². The third-order valence-electron chi connectivity index (χ3n) is 14.0. The Balaban J connectivity index is 1.26. The zero-order valence-corrected chi connectivity index (χ0v) is 27.9. The number of carbonyl (C=O) groups excluding carboxylic acids is 2. The maximum atomic E-state index is 13.8. The van der Waals surface area contributed by atoms with E-state index in [0.717, 1.165) is 44.0 Å². The average Bonchev–Trinajstić information content (AvgIpc) is 3.63. The normalized spacial score (nSPS) is 51.5. The lowest BCUT2D eigenvalue weighted by atomic mass is 9.43. The maximum Gasteiger partial charge on any atom is 0.310 e. The number of carbonyl (C=O) groups is 2. The van der Waals surface area contributed by atoms with Gasteiger partial charge < -0.3 is 44.5 Å². The summed E-state index contributed by atoms with van der Waals surface area (Å²) in [4.78, 5) is 27.1. The number of esters is 1. The fourth-order valence-corrected chi connectivity index (χ4v) is 11.2. The highest BCUT2D eigenvalue weighted by molar-refractivity contribution is 5.78. The van der Waals surface area contributed by atoms with Crippen molar-refractivity contribution in [1.29, 1.82) is 0 Å². The third kappa shape index (κ3) is 4.52. The predicted octanol–water partition coefficient (Wildman–Crippen LogP) is 2.66. The van der Waals surface area contributed by atoms with Gasteiger partial charge in [0.15, 0.2) is 6.29 Å². The molecule has 0 aromatic heterocycles. The van der Waals surface area contributed by atoms with Crippen molar-refractivity contribution in [3.8, 4) is 0 Å². The third-order valence-corrected chi connectivity index (χ3v) is 14.0. The van der Waals surface area contributed by atoms with Gasteiger partial charge in [-0.15, -0.1) is 0 Å². The lowest BCUT2D eigenvalue weighted by Crippen LogP contribution is -2.61. The highest BCUT2D eigenvalue weighted by Gasteiger charge is 2.80. The van der Waals surface area contributed by atoms with E-state index in [2.05, 4.69) is 26.8 Å². The van der Waals surface area contributed by atoms with Crippen LogP contribution in [0, 0.1) is 44.8 Å². The molecule has 0 unspecified atom stereocenters. The molecule has 5 fully saturated rings. The first-order chi connectivity index (χ1) is 20.8. The summed E-state index contributed by atoms with van der Waals surface area (Å²) in [5.74, 6) is -0.816. The van der Waals surface area contributed by atoms with E-state index < -0.39 is 65.1 Å². The van der Waals surface area contributed by atoms with E-state index in [4.69, 9.17) is 14.2 Å². The summed E-state index contributed by atoms with van der Waals surface area (Å²) in [5, 5.41) is 51.7. The number of ether oxygens (including phenoxy) is 3. The quantitative estimate of drug-likeness (QED) is 0.167. The summed E-state index contributed by atoms with van der Waals surface area (Å²) in [6, 6.07) is 0. The summed E-state index contributed by atoms with van der Waals surface area (Å²) in [7, 11) is 0. The number of cyclic esters (lactones) is 1. The van der Waals surface area contributed by atoms with Crippen molar-refractivity contribution in [3.63, 3.8) is 0 Å². The van der Waals surface area contributed by atoms with Crippen molar-refractivity contribution in [3.05, 3.63) is 11.6 Å². The molecule has 3 saturated carbocycles. The molecule has 6 aliphatic rings. The van der Waals surface area contributed by atoms with Crippen molar-refractivity contribution >= 4 is 12.3 Å². The van der Waals surface area contributed by atoms with Crippen LogP contribution < -0.4 is 0 Å². The number of hydrogen-bond acceptors (Lipinski definition) is 10. The van der Waals surface area contributed by atoms with Crippen LogP contribution in [0.1, 0.15) is 93.4 Å². The van der Waals surface area contributed by atoms with Gasteiger partial charge in [-0.1, -0.05) is 39.3 Å². The van der Waals surface area contributed by atoms with Gasteiger partial charge >= 0.3 is 5.97 Å². The molecule has 0 aromatic carbocycles. The molecule has 0 radical (unpaired) electrons. The minimum Gasteiger partial charge on any atom is -0.459 e. The topological polar surface area (TPSA) is 163 Å². The molecule has 14 atom stereocenters. The van der Waals surface area contributed by atoms with Gasteiger partial charge in [0.25, 0.3) is 0 Å². The lowest BCUT2D eigenvalue weighted by molar-refractivity contribution is -0.300. The van der Waals surface area contributed by atoms with Crippen LogP contribution in [0.25, 0.3) is 0 Å². The Hall–Kier alpha value is -1.40. The van der Waals surface area contributed by atoms with Gasteiger partial charge in [-0.2, -0.15) is 0 Å². The molecule has 0 aromatic rings. The second-order valence-electron chi connectivity index (χ2n) is 17.1. The summed E-state index contributed by atoms with van der Waals surface area (Å²) in [5.41, 5.74) is -2.22. The number of rotatable bonds is 6. The molecule has 2 saturated heterocycles. The Morgan fingerprint density at radius 2 is 1.78 bits per heavy atom. The van der Waals surface area contributed by atoms with Crippen molar-refractivity contribution in [2.24, 2.45) is 44.8 Å². The number of aliphatic hydroxyl groups excluding tert-OH is 4. The van der Waals surface area contributed by atoms with Crippen LogP contribution in [0.4, 0.5) is 0 Å². The molecule has 2 spiro atoms. The van der Waals surface area contributed by atoms with Crippen molar-refractivity contribution in [2.75, 3.05) is 6.61 Å².